The zero-order chi connectivity index (χ0) is 23.3. The van der Waals surface area contributed by atoms with E-state index in [1.807, 2.05) is 30.5 Å². The maximum atomic E-state index is 13.1. The molecule has 1 saturated heterocycles. The third-order valence-electron chi connectivity index (χ3n) is 5.37. The molecule has 2 heterocycles. The zero-order valence-corrected chi connectivity index (χ0v) is 19.9. The monoisotopic (exact) mass is 486 g/mol. The molecule has 174 valence electrons. The summed E-state index contributed by atoms with van der Waals surface area (Å²) in [5.41, 5.74) is 0. The number of sulfonamides is 1. The van der Waals surface area contributed by atoms with Gasteiger partial charge in [0.15, 0.2) is 0 Å². The van der Waals surface area contributed by atoms with Crippen LogP contribution in [0.25, 0.3) is 0 Å². The van der Waals surface area contributed by atoms with E-state index < -0.39 is 10.0 Å². The lowest BCUT2D eigenvalue weighted by Gasteiger charge is -2.31. The number of carbonyl (C=O) groups excluding carboxylic acids is 1. The van der Waals surface area contributed by atoms with Gasteiger partial charge in [0, 0.05) is 19.1 Å². The van der Waals surface area contributed by atoms with E-state index in [1.165, 1.54) is 15.6 Å². The number of rotatable bonds is 8. The zero-order valence-electron chi connectivity index (χ0n) is 18.3. The van der Waals surface area contributed by atoms with Crippen molar-refractivity contribution in [2.75, 3.05) is 19.7 Å². The molecule has 0 bridgehead atoms. The minimum Gasteiger partial charge on any atom is -0.494 e. The van der Waals surface area contributed by atoms with Crippen molar-refractivity contribution in [3.05, 3.63) is 70.9 Å². The van der Waals surface area contributed by atoms with Crippen molar-refractivity contribution in [2.45, 2.75) is 30.7 Å². The van der Waals surface area contributed by atoms with Gasteiger partial charge in [-0.3, -0.25) is 4.79 Å². The first kappa shape index (κ1) is 23.3. The molecule has 0 unspecified atom stereocenters. The number of amides is 1. The van der Waals surface area contributed by atoms with Gasteiger partial charge in [-0.2, -0.15) is 4.31 Å². The highest BCUT2D eigenvalue weighted by atomic mass is 32.2. The lowest BCUT2D eigenvalue weighted by Crippen LogP contribution is -2.46. The standard InChI is InChI=1S/C24H26N2O5S2/c1-2-30-19-5-7-20(8-6-19)31-21-9-11-22(12-10-21)33(28,29)26-15-13-18(14-16-26)25-24(27)23-4-3-17-32-23/h3-12,17-18H,2,13-16H2,1H3,(H,25,27). The Bertz CT molecular complexity index is 1150. The van der Waals surface area contributed by atoms with Gasteiger partial charge in [-0.15, -0.1) is 11.3 Å². The van der Waals surface area contributed by atoms with E-state index >= 15 is 0 Å². The smallest absolute Gasteiger partial charge is 0.261 e. The number of nitrogens with one attached hydrogen (secondary N) is 1. The second-order valence-electron chi connectivity index (χ2n) is 7.61. The van der Waals surface area contributed by atoms with Crippen molar-refractivity contribution in [3.63, 3.8) is 0 Å². The molecule has 0 radical (unpaired) electrons. The number of hydrogen-bond acceptors (Lipinski definition) is 6. The average Bonchev–Trinajstić information content (AvgIpc) is 3.37. The Labute approximate surface area is 198 Å². The summed E-state index contributed by atoms with van der Waals surface area (Å²) in [5.74, 6) is 1.85. The summed E-state index contributed by atoms with van der Waals surface area (Å²) in [5, 5.41) is 4.86. The number of thiophene rings is 1. The molecule has 4 rings (SSSR count). The number of nitrogens with zero attached hydrogens (tertiary/aromatic N) is 1. The Hall–Kier alpha value is -2.88. The highest BCUT2D eigenvalue weighted by Gasteiger charge is 2.30. The first-order valence-electron chi connectivity index (χ1n) is 10.8. The summed E-state index contributed by atoms with van der Waals surface area (Å²) in [7, 11) is -3.61. The predicted molar refractivity (Wildman–Crippen MR) is 128 cm³/mol. The molecule has 0 aliphatic carbocycles. The second-order valence-corrected chi connectivity index (χ2v) is 10.5. The number of hydrogen-bond donors (Lipinski definition) is 1. The highest BCUT2D eigenvalue weighted by molar-refractivity contribution is 7.89. The molecular formula is C24H26N2O5S2. The van der Waals surface area contributed by atoms with Crippen LogP contribution in [-0.2, 0) is 10.0 Å². The molecule has 0 atom stereocenters. The Morgan fingerprint density at radius 1 is 1.00 bits per heavy atom. The summed E-state index contributed by atoms with van der Waals surface area (Å²) in [6, 6.07) is 17.3. The molecule has 33 heavy (non-hydrogen) atoms. The fourth-order valence-electron chi connectivity index (χ4n) is 3.64. The summed E-state index contributed by atoms with van der Waals surface area (Å²) < 4.78 is 38.8. The van der Waals surface area contributed by atoms with Crippen LogP contribution in [0.3, 0.4) is 0 Å². The molecule has 1 aliphatic rings. The first-order chi connectivity index (χ1) is 16.0. The molecule has 2 aromatic carbocycles. The largest absolute Gasteiger partial charge is 0.494 e. The second kappa shape index (κ2) is 10.4. The first-order valence-corrected chi connectivity index (χ1v) is 13.1. The molecule has 0 saturated carbocycles. The minimum atomic E-state index is -3.61. The van der Waals surface area contributed by atoms with Crippen LogP contribution in [0.1, 0.15) is 29.4 Å². The Balaban J connectivity index is 1.33. The Morgan fingerprint density at radius 2 is 1.61 bits per heavy atom. The fourth-order valence-corrected chi connectivity index (χ4v) is 5.74. The molecule has 1 aromatic heterocycles. The van der Waals surface area contributed by atoms with Crippen LogP contribution in [-0.4, -0.2) is 44.4 Å². The average molecular weight is 487 g/mol. The third kappa shape index (κ3) is 5.73. The van der Waals surface area contributed by atoms with Crippen LogP contribution in [0, 0.1) is 0 Å². The van der Waals surface area contributed by atoms with Crippen LogP contribution >= 0.6 is 11.3 Å². The van der Waals surface area contributed by atoms with Gasteiger partial charge < -0.3 is 14.8 Å². The maximum absolute atomic E-state index is 13.1. The molecule has 0 spiro atoms. The normalized spacial score (nSPS) is 15.2. The summed E-state index contributed by atoms with van der Waals surface area (Å²) in [6.45, 7) is 3.24. The van der Waals surface area contributed by atoms with Crippen molar-refractivity contribution in [3.8, 4) is 17.2 Å². The van der Waals surface area contributed by atoms with Crippen LogP contribution in [0.5, 0.6) is 17.2 Å². The van der Waals surface area contributed by atoms with E-state index in [1.54, 1.807) is 42.5 Å². The van der Waals surface area contributed by atoms with Crippen molar-refractivity contribution in [1.82, 2.24) is 9.62 Å². The number of piperidine rings is 1. The SMILES string of the molecule is CCOc1ccc(Oc2ccc(S(=O)(=O)N3CCC(NC(=O)c4cccs4)CC3)cc2)cc1. The Kier molecular flexibility index (Phi) is 7.32. The summed E-state index contributed by atoms with van der Waals surface area (Å²) >= 11 is 1.39. The lowest BCUT2D eigenvalue weighted by atomic mass is 10.1. The van der Waals surface area contributed by atoms with Crippen molar-refractivity contribution in [2.24, 2.45) is 0 Å². The number of carbonyl (C=O) groups is 1. The van der Waals surface area contributed by atoms with Crippen molar-refractivity contribution >= 4 is 27.3 Å². The van der Waals surface area contributed by atoms with Gasteiger partial charge in [0.25, 0.3) is 5.91 Å². The molecule has 3 aromatic rings. The molecule has 1 amide bonds. The van der Waals surface area contributed by atoms with Crippen LogP contribution in [0.2, 0.25) is 0 Å². The van der Waals surface area contributed by atoms with Gasteiger partial charge in [-0.25, -0.2) is 8.42 Å². The van der Waals surface area contributed by atoms with E-state index in [9.17, 15) is 13.2 Å². The fraction of sp³-hybridized carbons (Fsp3) is 0.292. The van der Waals surface area contributed by atoms with E-state index in [4.69, 9.17) is 9.47 Å². The predicted octanol–water partition coefficient (Wildman–Crippen LogP) is 4.52. The Morgan fingerprint density at radius 3 is 2.18 bits per heavy atom. The van der Waals surface area contributed by atoms with Gasteiger partial charge in [0.2, 0.25) is 10.0 Å². The molecule has 7 nitrogen and oxygen atoms in total. The maximum Gasteiger partial charge on any atom is 0.261 e. The molecule has 1 N–H and O–H groups in total. The summed E-state index contributed by atoms with van der Waals surface area (Å²) in [4.78, 5) is 13.1. The van der Waals surface area contributed by atoms with Crippen LogP contribution < -0.4 is 14.8 Å². The van der Waals surface area contributed by atoms with Gasteiger partial charge in [0.1, 0.15) is 17.2 Å². The summed E-state index contributed by atoms with van der Waals surface area (Å²) in [6.07, 6.45) is 1.16. The van der Waals surface area contributed by atoms with Gasteiger partial charge in [0.05, 0.1) is 16.4 Å². The number of ether oxygens (including phenoxy) is 2. The molecule has 1 aliphatic heterocycles. The van der Waals surface area contributed by atoms with Gasteiger partial charge in [-0.05, 0) is 79.7 Å². The van der Waals surface area contributed by atoms with Crippen molar-refractivity contribution < 1.29 is 22.7 Å². The molecular weight excluding hydrogens is 460 g/mol. The topological polar surface area (TPSA) is 84.9 Å². The van der Waals surface area contributed by atoms with Gasteiger partial charge in [-0.1, -0.05) is 6.07 Å². The van der Waals surface area contributed by atoms with Gasteiger partial charge >= 0.3 is 0 Å². The minimum absolute atomic E-state index is 0.0315. The van der Waals surface area contributed by atoms with E-state index in [0.717, 1.165) is 5.75 Å². The van der Waals surface area contributed by atoms with E-state index in [0.29, 0.717) is 48.9 Å². The van der Waals surface area contributed by atoms with Crippen LogP contribution in [0.4, 0.5) is 0 Å². The van der Waals surface area contributed by atoms with Crippen molar-refractivity contribution in [1.29, 1.82) is 0 Å². The number of benzene rings is 2. The highest BCUT2D eigenvalue weighted by Crippen LogP contribution is 2.27. The molecule has 1 fully saturated rings. The van der Waals surface area contributed by atoms with Crippen LogP contribution in [0.15, 0.2) is 70.9 Å². The lowest BCUT2D eigenvalue weighted by molar-refractivity contribution is 0.0928. The van der Waals surface area contributed by atoms with E-state index in [-0.39, 0.29) is 16.8 Å². The third-order valence-corrected chi connectivity index (χ3v) is 8.15. The van der Waals surface area contributed by atoms with E-state index in [2.05, 4.69) is 5.32 Å². The quantitative estimate of drug-likeness (QED) is 0.506. The molecule has 9 heteroatoms.